The van der Waals surface area contributed by atoms with E-state index in [9.17, 15) is 62.8 Å². The molecule has 0 aromatic heterocycles. The Hall–Kier alpha value is -7.18. The number of carbonyl (C=O) groups excluding carboxylic acids is 7. The second-order valence-corrected chi connectivity index (χ2v) is 25.3. The minimum atomic E-state index is -0.851. The molecule has 3 aliphatic carbocycles. The van der Waals surface area contributed by atoms with Crippen LogP contribution in [0.15, 0.2) is 54.6 Å². The predicted octanol–water partition coefficient (Wildman–Crippen LogP) is 7.71. The van der Waals surface area contributed by atoms with Gasteiger partial charge in [0.05, 0.1) is 86.4 Å². The number of aliphatic hydroxyl groups is 5. The average Bonchev–Trinajstić information content (AvgIpc) is 1.52. The maximum Gasteiger partial charge on any atom is 0.414 e. The van der Waals surface area contributed by atoms with Crippen molar-refractivity contribution in [2.75, 3.05) is 61.1 Å². The monoisotopic (exact) mass is 1330 g/mol. The number of esters is 2. The van der Waals surface area contributed by atoms with E-state index >= 15 is 4.39 Å². The van der Waals surface area contributed by atoms with Crippen molar-refractivity contribution in [3.63, 3.8) is 0 Å². The lowest BCUT2D eigenvalue weighted by Gasteiger charge is -2.30. The Morgan fingerprint density at radius 3 is 1.32 bits per heavy atom. The minimum Gasteiger partial charge on any atom is -0.444 e. The summed E-state index contributed by atoms with van der Waals surface area (Å²) < 4.78 is 81.2. The van der Waals surface area contributed by atoms with E-state index < -0.39 is 96.0 Å². The molecular formula is C66H93F3N6O19. The Labute approximate surface area is 545 Å². The molecule has 522 valence electrons. The van der Waals surface area contributed by atoms with Gasteiger partial charge in [-0.05, 0) is 163 Å². The fraction of sp³-hybridized carbons (Fsp3) is 0.621. The number of alkyl carbamates (subject to hydrolysis) is 1. The molecule has 10 rings (SSSR count). The van der Waals surface area contributed by atoms with Crippen molar-refractivity contribution in [1.29, 1.82) is 0 Å². The van der Waals surface area contributed by atoms with Gasteiger partial charge in [-0.3, -0.25) is 29.1 Å². The van der Waals surface area contributed by atoms with E-state index in [1.165, 1.54) is 32.9 Å². The highest BCUT2D eigenvalue weighted by Crippen LogP contribution is 2.44. The van der Waals surface area contributed by atoms with Crippen LogP contribution in [0.5, 0.6) is 0 Å². The van der Waals surface area contributed by atoms with Crippen LogP contribution < -0.4 is 31.1 Å². The molecule has 0 bridgehead atoms. The highest BCUT2D eigenvalue weighted by atomic mass is 19.1. The largest absolute Gasteiger partial charge is 0.444 e. The number of benzene rings is 3. The van der Waals surface area contributed by atoms with Crippen LogP contribution in [-0.2, 0) is 47.5 Å². The molecule has 3 aromatic carbocycles. The zero-order chi connectivity index (χ0) is 69.4. The number of hydrogen-bond donors (Lipinski definition) is 8. The molecule has 9 N–H and O–H groups in total. The van der Waals surface area contributed by atoms with Gasteiger partial charge in [0.15, 0.2) is 5.79 Å². The first kappa shape index (κ1) is 75.8. The van der Waals surface area contributed by atoms with Crippen LogP contribution >= 0.6 is 0 Å². The molecule has 0 spiro atoms. The van der Waals surface area contributed by atoms with Crippen LogP contribution in [0.25, 0.3) is 0 Å². The summed E-state index contributed by atoms with van der Waals surface area (Å²) >= 11 is 0. The molecular weight excluding hydrogens is 1240 g/mol. The topological polar surface area (TPSA) is 345 Å². The third kappa shape index (κ3) is 21.2. The van der Waals surface area contributed by atoms with Crippen molar-refractivity contribution in [2.24, 2.45) is 5.73 Å². The quantitative estimate of drug-likeness (QED) is 0.0435. The van der Waals surface area contributed by atoms with Crippen molar-refractivity contribution in [3.05, 3.63) is 88.7 Å². The summed E-state index contributed by atoms with van der Waals surface area (Å²) in [5.41, 5.74) is 7.73. The standard InChI is InChI=1S/C24H33FN2O6.C19H25FN2O5.C16H21FN2O4.C6H10O3.CH4O/c1-23(2,3)33-21(28)26-12-16-13-27(22(29)30-16)15-7-8-17(18(25)11-15)14-6-9-19-20(10-14)32-24(4,5)31-19;1-2-18(25)21-9-13-10-22(19(26)27-13)12-4-5-14(15(20)8-12)11-3-6-16(23)17(24)7-11;17-13-6-10(19-8-11(7-18)23-16(19)22)2-3-12(13)9-1-4-14(20)15(21)5-9;1-3-5(7)9-6(8)4-2;1-2/h7-8,11,14,16,19-20H,6,9-10,12-13H2,1-5H3,(H,26,28);4-5,8,11,13,16-17,23-24H,2-3,6-7,9-10H2,1H3,(H,21,25);2-3,6,9,11,14-15,20-21H,1,4-5,7-8,18H2;3-4H2,1-2H3;2H,1H3/t14?,16-,19?,20-;11?,13-,16?,17-;9?,11-,14?,15-;;/m000../s1. The molecule has 3 saturated carbocycles. The number of nitrogens with zero attached hydrogens (tertiary/aromatic N) is 3. The predicted molar refractivity (Wildman–Crippen MR) is 336 cm³/mol. The Morgan fingerprint density at radius 1 is 0.564 bits per heavy atom. The summed E-state index contributed by atoms with van der Waals surface area (Å²) in [5.74, 6) is -3.12. The number of amides is 5. The Morgan fingerprint density at radius 2 is 0.947 bits per heavy atom. The smallest absolute Gasteiger partial charge is 0.414 e. The number of fused-ring (bicyclic) bond motifs is 1. The molecule has 4 aliphatic heterocycles. The van der Waals surface area contributed by atoms with E-state index in [1.54, 1.807) is 77.9 Å². The molecule has 6 unspecified atom stereocenters. The Balaban J connectivity index is 0.000000209. The highest BCUT2D eigenvalue weighted by molar-refractivity contribution is 5.91. The second kappa shape index (κ2) is 34.5. The van der Waals surface area contributed by atoms with Crippen molar-refractivity contribution in [2.45, 2.75) is 217 Å². The van der Waals surface area contributed by atoms with Crippen LogP contribution in [0, 0.1) is 17.5 Å². The van der Waals surface area contributed by atoms with Gasteiger partial charge in [0.1, 0.15) is 41.4 Å². The number of carbonyl (C=O) groups is 7. The fourth-order valence-corrected chi connectivity index (χ4v) is 11.9. The number of rotatable bonds is 14. The van der Waals surface area contributed by atoms with Gasteiger partial charge in [-0.15, -0.1) is 0 Å². The van der Waals surface area contributed by atoms with E-state index in [1.807, 2.05) is 13.8 Å². The number of nitrogens with two attached hydrogens (primary N) is 1. The van der Waals surface area contributed by atoms with Crippen molar-refractivity contribution >= 4 is 59.3 Å². The van der Waals surface area contributed by atoms with Gasteiger partial charge < -0.3 is 75.1 Å². The van der Waals surface area contributed by atoms with Gasteiger partial charge in [0.25, 0.3) is 0 Å². The van der Waals surface area contributed by atoms with Crippen molar-refractivity contribution in [3.8, 4) is 0 Å². The lowest BCUT2D eigenvalue weighted by atomic mass is 9.81. The number of hydrogen-bond acceptors (Lipinski definition) is 20. The van der Waals surface area contributed by atoms with Gasteiger partial charge >= 0.3 is 36.3 Å². The molecule has 3 aromatic rings. The first-order valence-electron chi connectivity index (χ1n) is 32.0. The lowest BCUT2D eigenvalue weighted by molar-refractivity contribution is -0.159. The molecule has 4 heterocycles. The van der Waals surface area contributed by atoms with E-state index in [2.05, 4.69) is 15.4 Å². The average molecular weight is 1330 g/mol. The van der Waals surface area contributed by atoms with Crippen LogP contribution in [0.3, 0.4) is 0 Å². The summed E-state index contributed by atoms with van der Waals surface area (Å²) in [6.45, 7) is 15.4. The van der Waals surface area contributed by atoms with Gasteiger partial charge in [-0.25, -0.2) is 32.3 Å². The molecule has 94 heavy (non-hydrogen) atoms. The number of ether oxygens (including phenoxy) is 7. The minimum absolute atomic E-state index is 0.0362. The number of nitrogens with one attached hydrogen (secondary N) is 2. The summed E-state index contributed by atoms with van der Waals surface area (Å²) in [5, 5.41) is 51.1. The molecule has 12 atom stereocenters. The van der Waals surface area contributed by atoms with Gasteiger partial charge in [-0.2, -0.15) is 0 Å². The fourth-order valence-electron chi connectivity index (χ4n) is 11.9. The van der Waals surface area contributed by atoms with Gasteiger partial charge in [0.2, 0.25) is 5.91 Å². The number of cyclic esters (lactones) is 3. The summed E-state index contributed by atoms with van der Waals surface area (Å²) in [6, 6.07) is 14.1. The van der Waals surface area contributed by atoms with Gasteiger partial charge in [-0.1, -0.05) is 39.0 Å². The first-order valence-corrected chi connectivity index (χ1v) is 32.0. The molecule has 5 amide bonds. The maximum absolute atomic E-state index is 15.1. The second-order valence-electron chi connectivity index (χ2n) is 25.3. The third-order valence-corrected chi connectivity index (χ3v) is 16.8. The SMILES string of the molecule is CC(C)(C)OC(=O)NC[C@H]1CN(c2ccc(C3CCC4OC(C)(C)O[C@H]4C3)c(F)c2)C(=O)O1.CCC(=O)NC[C@H]1CN(c2ccc(C3CCC(O)[C@@H](O)C3)c(F)c2)C(=O)O1.CCC(=O)OC(=O)CC.CO.NC[C@H]1CN(c2ccc(C3CCC(O)[C@@H](O)C3)c(F)c2)C(=O)O1. The lowest BCUT2D eigenvalue weighted by Crippen LogP contribution is -2.38. The number of anilines is 3. The Kier molecular flexibility index (Phi) is 27.8. The first-order chi connectivity index (χ1) is 44.5. The molecule has 0 radical (unpaired) electrons. The van der Waals surface area contributed by atoms with Gasteiger partial charge in [0, 0.05) is 32.9 Å². The van der Waals surface area contributed by atoms with Crippen molar-refractivity contribution < 1.29 is 105 Å². The normalized spacial score (nSPS) is 26.8. The van der Waals surface area contributed by atoms with Crippen molar-refractivity contribution in [1.82, 2.24) is 10.6 Å². The Bertz CT molecular complexity index is 3070. The molecule has 28 heteroatoms. The molecule has 25 nitrogen and oxygen atoms in total. The molecule has 4 saturated heterocycles. The number of aliphatic hydroxyl groups excluding tert-OH is 5. The maximum atomic E-state index is 15.1. The third-order valence-electron chi connectivity index (χ3n) is 16.8. The van der Waals surface area contributed by atoms with E-state index in [0.717, 1.165) is 20.0 Å². The van der Waals surface area contributed by atoms with Crippen LogP contribution in [0.1, 0.15) is 167 Å². The highest BCUT2D eigenvalue weighted by Gasteiger charge is 2.46. The van der Waals surface area contributed by atoms with Crippen LogP contribution in [-0.4, -0.2) is 180 Å². The number of halogens is 3. The zero-order valence-corrected chi connectivity index (χ0v) is 54.9. The van der Waals surface area contributed by atoms with Crippen LogP contribution in [0.2, 0.25) is 0 Å². The van der Waals surface area contributed by atoms with E-state index in [0.29, 0.717) is 91.7 Å². The summed E-state index contributed by atoms with van der Waals surface area (Å²) in [4.78, 5) is 84.1. The van der Waals surface area contributed by atoms with E-state index in [4.69, 9.17) is 39.3 Å². The van der Waals surface area contributed by atoms with E-state index in [-0.39, 0.29) is 93.4 Å². The summed E-state index contributed by atoms with van der Waals surface area (Å²) in [7, 11) is 1.00. The summed E-state index contributed by atoms with van der Waals surface area (Å²) in [6.07, 6.45) is -0.864. The molecule has 7 fully saturated rings. The zero-order valence-electron chi connectivity index (χ0n) is 54.9. The molecule has 7 aliphatic rings. The van der Waals surface area contributed by atoms with Crippen LogP contribution in [0.4, 0.5) is 49.4 Å².